The molecule has 2 amide bonds. The van der Waals surface area contributed by atoms with Crippen molar-refractivity contribution in [3.8, 4) is 0 Å². The SMILES string of the molecule is NS(=O)(=O)c1ccc(NC(=O)Nc2ccccc2)c(Br)c1. The molecule has 2 aromatic carbocycles. The van der Waals surface area contributed by atoms with Crippen LogP contribution in [0.2, 0.25) is 0 Å². The van der Waals surface area contributed by atoms with E-state index in [9.17, 15) is 13.2 Å². The molecule has 0 saturated heterocycles. The van der Waals surface area contributed by atoms with Gasteiger partial charge in [-0.3, -0.25) is 0 Å². The highest BCUT2D eigenvalue weighted by Crippen LogP contribution is 2.25. The van der Waals surface area contributed by atoms with Gasteiger partial charge in [0.05, 0.1) is 10.6 Å². The number of para-hydroxylation sites is 1. The number of carbonyl (C=O) groups excluding carboxylic acids is 1. The maximum absolute atomic E-state index is 11.8. The molecule has 6 nitrogen and oxygen atoms in total. The molecule has 0 aromatic heterocycles. The van der Waals surface area contributed by atoms with Crippen LogP contribution >= 0.6 is 15.9 Å². The van der Waals surface area contributed by atoms with E-state index in [0.29, 0.717) is 15.8 Å². The Morgan fingerprint density at radius 2 is 1.71 bits per heavy atom. The summed E-state index contributed by atoms with van der Waals surface area (Å²) < 4.78 is 22.8. The summed E-state index contributed by atoms with van der Waals surface area (Å²) in [7, 11) is -3.78. The number of rotatable bonds is 3. The van der Waals surface area contributed by atoms with E-state index < -0.39 is 16.1 Å². The van der Waals surface area contributed by atoms with Crippen molar-refractivity contribution in [2.45, 2.75) is 4.90 Å². The van der Waals surface area contributed by atoms with E-state index in [4.69, 9.17) is 5.14 Å². The summed E-state index contributed by atoms with van der Waals surface area (Å²) in [5.41, 5.74) is 1.07. The molecule has 21 heavy (non-hydrogen) atoms. The maximum atomic E-state index is 11.8. The van der Waals surface area contributed by atoms with Crippen molar-refractivity contribution in [2.24, 2.45) is 5.14 Å². The fraction of sp³-hybridized carbons (Fsp3) is 0. The van der Waals surface area contributed by atoms with Crippen LogP contribution in [0.4, 0.5) is 16.2 Å². The van der Waals surface area contributed by atoms with Crippen molar-refractivity contribution < 1.29 is 13.2 Å². The number of nitrogens with one attached hydrogen (secondary N) is 2. The molecule has 0 aliphatic heterocycles. The van der Waals surface area contributed by atoms with Gasteiger partial charge in [-0.05, 0) is 46.3 Å². The third kappa shape index (κ3) is 4.28. The van der Waals surface area contributed by atoms with Crippen molar-refractivity contribution in [3.05, 3.63) is 53.0 Å². The van der Waals surface area contributed by atoms with Gasteiger partial charge in [0.2, 0.25) is 10.0 Å². The minimum atomic E-state index is -3.78. The number of hydrogen-bond acceptors (Lipinski definition) is 3. The largest absolute Gasteiger partial charge is 0.323 e. The summed E-state index contributed by atoms with van der Waals surface area (Å²) >= 11 is 3.19. The number of amides is 2. The average molecular weight is 370 g/mol. The lowest BCUT2D eigenvalue weighted by Gasteiger charge is -2.10. The minimum absolute atomic E-state index is 0.0385. The summed E-state index contributed by atoms with van der Waals surface area (Å²) in [6.07, 6.45) is 0. The van der Waals surface area contributed by atoms with E-state index in [1.54, 1.807) is 24.3 Å². The molecule has 0 aliphatic rings. The van der Waals surface area contributed by atoms with Gasteiger partial charge in [0, 0.05) is 10.2 Å². The zero-order valence-electron chi connectivity index (χ0n) is 10.7. The number of hydrogen-bond donors (Lipinski definition) is 3. The molecule has 0 spiro atoms. The van der Waals surface area contributed by atoms with Gasteiger partial charge in [-0.15, -0.1) is 0 Å². The smallest absolute Gasteiger partial charge is 0.308 e. The van der Waals surface area contributed by atoms with E-state index in [0.717, 1.165) is 0 Å². The number of halogens is 1. The number of benzene rings is 2. The molecule has 0 heterocycles. The van der Waals surface area contributed by atoms with Gasteiger partial charge < -0.3 is 10.6 Å². The van der Waals surface area contributed by atoms with E-state index in [2.05, 4.69) is 26.6 Å². The maximum Gasteiger partial charge on any atom is 0.323 e. The highest BCUT2D eigenvalue weighted by Gasteiger charge is 2.11. The standard InChI is InChI=1S/C13H12BrN3O3S/c14-11-8-10(21(15,19)20)6-7-12(11)17-13(18)16-9-4-2-1-3-5-9/h1-8H,(H2,15,19,20)(H2,16,17,18). The zero-order chi connectivity index (χ0) is 15.5. The first-order chi connectivity index (χ1) is 9.86. The van der Waals surface area contributed by atoms with Gasteiger partial charge >= 0.3 is 6.03 Å². The van der Waals surface area contributed by atoms with E-state index in [1.165, 1.54) is 18.2 Å². The summed E-state index contributed by atoms with van der Waals surface area (Å²) in [4.78, 5) is 11.8. The molecule has 0 saturated carbocycles. The number of urea groups is 1. The number of anilines is 2. The molecule has 2 rings (SSSR count). The van der Waals surface area contributed by atoms with Crippen molar-refractivity contribution in [2.75, 3.05) is 10.6 Å². The first-order valence-electron chi connectivity index (χ1n) is 5.81. The summed E-state index contributed by atoms with van der Waals surface area (Å²) in [6, 6.07) is 12.6. The Morgan fingerprint density at radius 1 is 1.05 bits per heavy atom. The summed E-state index contributed by atoms with van der Waals surface area (Å²) in [5.74, 6) is 0. The lowest BCUT2D eigenvalue weighted by Crippen LogP contribution is -2.20. The normalized spacial score (nSPS) is 11.0. The first kappa shape index (κ1) is 15.5. The van der Waals surface area contributed by atoms with Crippen LogP contribution in [0.1, 0.15) is 0 Å². The van der Waals surface area contributed by atoms with Crippen LogP contribution in [0.25, 0.3) is 0 Å². The van der Waals surface area contributed by atoms with Gasteiger partial charge in [-0.25, -0.2) is 18.4 Å². The van der Waals surface area contributed by atoms with Crippen molar-refractivity contribution in [1.29, 1.82) is 0 Å². The second kappa shape index (κ2) is 6.25. The van der Waals surface area contributed by atoms with Gasteiger partial charge in [0.15, 0.2) is 0 Å². The minimum Gasteiger partial charge on any atom is -0.308 e. The van der Waals surface area contributed by atoms with E-state index >= 15 is 0 Å². The fourth-order valence-corrected chi connectivity index (χ4v) is 2.75. The molecule has 0 radical (unpaired) electrons. The molecule has 4 N–H and O–H groups in total. The quantitative estimate of drug-likeness (QED) is 0.774. The average Bonchev–Trinajstić information content (AvgIpc) is 2.41. The molecule has 0 bridgehead atoms. The molecular weight excluding hydrogens is 358 g/mol. The molecule has 0 fully saturated rings. The number of sulfonamides is 1. The Balaban J connectivity index is 2.11. The lowest BCUT2D eigenvalue weighted by atomic mass is 10.3. The Morgan fingerprint density at radius 3 is 2.29 bits per heavy atom. The Bertz CT molecular complexity index is 763. The van der Waals surface area contributed by atoms with Crippen LogP contribution in [0, 0.1) is 0 Å². The molecular formula is C13H12BrN3O3S. The van der Waals surface area contributed by atoms with Crippen molar-refractivity contribution in [1.82, 2.24) is 0 Å². The summed E-state index contributed by atoms with van der Waals surface area (Å²) in [5, 5.41) is 10.3. The van der Waals surface area contributed by atoms with Gasteiger partial charge in [-0.1, -0.05) is 18.2 Å². The van der Waals surface area contributed by atoms with Crippen molar-refractivity contribution in [3.63, 3.8) is 0 Å². The highest BCUT2D eigenvalue weighted by molar-refractivity contribution is 9.10. The third-order valence-electron chi connectivity index (χ3n) is 2.55. The molecule has 0 aliphatic carbocycles. The predicted octanol–water partition coefficient (Wildman–Crippen LogP) is 2.74. The topological polar surface area (TPSA) is 101 Å². The van der Waals surface area contributed by atoms with E-state index in [-0.39, 0.29) is 4.90 Å². The van der Waals surface area contributed by atoms with Crippen LogP contribution in [-0.4, -0.2) is 14.4 Å². The molecule has 2 aromatic rings. The third-order valence-corrected chi connectivity index (χ3v) is 4.12. The molecule has 110 valence electrons. The Hall–Kier alpha value is -1.90. The van der Waals surface area contributed by atoms with Gasteiger partial charge in [0.25, 0.3) is 0 Å². The fourth-order valence-electron chi connectivity index (χ4n) is 1.58. The lowest BCUT2D eigenvalue weighted by molar-refractivity contribution is 0.262. The molecule has 0 unspecified atom stereocenters. The highest BCUT2D eigenvalue weighted by atomic mass is 79.9. The van der Waals surface area contributed by atoms with Crippen molar-refractivity contribution >= 4 is 43.4 Å². The number of primary sulfonamides is 1. The summed E-state index contributed by atoms with van der Waals surface area (Å²) in [6.45, 7) is 0. The van der Waals surface area contributed by atoms with Crippen LogP contribution in [0.15, 0.2) is 57.9 Å². The van der Waals surface area contributed by atoms with Crippen LogP contribution in [0.3, 0.4) is 0 Å². The van der Waals surface area contributed by atoms with E-state index in [1.807, 2.05) is 6.07 Å². The Kier molecular flexibility index (Phi) is 4.61. The molecule has 8 heteroatoms. The van der Waals surface area contributed by atoms with Crippen LogP contribution in [0.5, 0.6) is 0 Å². The van der Waals surface area contributed by atoms with Crippen LogP contribution in [-0.2, 0) is 10.0 Å². The van der Waals surface area contributed by atoms with Gasteiger partial charge in [-0.2, -0.15) is 0 Å². The van der Waals surface area contributed by atoms with Crippen LogP contribution < -0.4 is 15.8 Å². The number of carbonyl (C=O) groups is 1. The zero-order valence-corrected chi connectivity index (χ0v) is 13.1. The van der Waals surface area contributed by atoms with Gasteiger partial charge in [0.1, 0.15) is 0 Å². The monoisotopic (exact) mass is 369 g/mol. The Labute approximate surface area is 130 Å². The second-order valence-corrected chi connectivity index (χ2v) is 6.55. The predicted molar refractivity (Wildman–Crippen MR) is 84.6 cm³/mol. The second-order valence-electron chi connectivity index (χ2n) is 4.13. The number of nitrogens with two attached hydrogens (primary N) is 1. The first-order valence-corrected chi connectivity index (χ1v) is 8.15. The molecule has 0 atom stereocenters.